The molecule has 2 unspecified atom stereocenters. The van der Waals surface area contributed by atoms with Gasteiger partial charge in [0.05, 0.1) is 23.9 Å². The third-order valence-corrected chi connectivity index (χ3v) is 5.38. The van der Waals surface area contributed by atoms with E-state index in [0.717, 1.165) is 25.4 Å². The maximum absolute atomic E-state index is 6.78. The lowest BCUT2D eigenvalue weighted by Crippen LogP contribution is -2.48. The molecule has 1 heterocycles. The van der Waals surface area contributed by atoms with Gasteiger partial charge in [0.2, 0.25) is 0 Å². The zero-order valence-electron chi connectivity index (χ0n) is 13.9. The summed E-state index contributed by atoms with van der Waals surface area (Å²) in [5.74, 6) is 0. The molecule has 2 aliphatic carbocycles. The summed E-state index contributed by atoms with van der Waals surface area (Å²) in [6.45, 7) is 5.44. The fourth-order valence-electron chi connectivity index (χ4n) is 4.12. The molecule has 122 valence electrons. The van der Waals surface area contributed by atoms with E-state index in [0.29, 0.717) is 18.3 Å². The third-order valence-electron chi connectivity index (χ3n) is 5.38. The minimum Gasteiger partial charge on any atom is -0.375 e. The fourth-order valence-corrected chi connectivity index (χ4v) is 4.12. The first-order valence-electron chi connectivity index (χ1n) is 9.22. The van der Waals surface area contributed by atoms with Crippen LogP contribution in [-0.2, 0) is 9.47 Å². The molecule has 0 aromatic heterocycles. The summed E-state index contributed by atoms with van der Waals surface area (Å²) < 4.78 is 12.7. The normalized spacial score (nSPS) is 37.1. The molecule has 0 spiro atoms. The van der Waals surface area contributed by atoms with Crippen LogP contribution in [0.1, 0.15) is 78.1 Å². The summed E-state index contributed by atoms with van der Waals surface area (Å²) >= 11 is 0. The molecule has 21 heavy (non-hydrogen) atoms. The van der Waals surface area contributed by atoms with Crippen molar-refractivity contribution in [3.05, 3.63) is 0 Å². The molecule has 0 aromatic carbocycles. The highest BCUT2D eigenvalue weighted by Gasteiger charge is 2.38. The second kappa shape index (κ2) is 6.97. The highest BCUT2D eigenvalue weighted by Crippen LogP contribution is 2.35. The molecule has 3 nitrogen and oxygen atoms in total. The molecule has 1 saturated heterocycles. The number of nitrogens with one attached hydrogen (secondary N) is 1. The van der Waals surface area contributed by atoms with E-state index < -0.39 is 0 Å². The molecule has 0 amide bonds. The molecule has 3 heteroatoms. The molecule has 1 N–H and O–H groups in total. The lowest BCUT2D eigenvalue weighted by molar-refractivity contribution is -0.161. The lowest BCUT2D eigenvalue weighted by atomic mass is 9.92. The van der Waals surface area contributed by atoms with Crippen molar-refractivity contribution in [2.45, 2.75) is 108 Å². The van der Waals surface area contributed by atoms with E-state index in [4.69, 9.17) is 9.47 Å². The molecule has 3 fully saturated rings. The summed E-state index contributed by atoms with van der Waals surface area (Å²) in [6, 6.07) is 0.779. The molecule has 0 aromatic rings. The second-order valence-electron chi connectivity index (χ2n) is 7.72. The summed E-state index contributed by atoms with van der Waals surface area (Å²) in [6.07, 6.45) is 13.9. The van der Waals surface area contributed by atoms with E-state index in [1.54, 1.807) is 0 Å². The molecule has 2 atom stereocenters. The van der Waals surface area contributed by atoms with Crippen LogP contribution in [-0.4, -0.2) is 36.5 Å². The zero-order chi connectivity index (χ0) is 14.7. The number of ether oxygens (including phenoxy) is 2. The monoisotopic (exact) mass is 295 g/mol. The maximum Gasteiger partial charge on any atom is 0.0810 e. The zero-order valence-corrected chi connectivity index (χ0v) is 13.9. The van der Waals surface area contributed by atoms with Crippen LogP contribution in [0.2, 0.25) is 0 Å². The standard InChI is InChI=1S/C18H33NO2/c1-14-11-17(12-15(2)20-14)21-18(13-19-16-7-8-16)9-5-3-4-6-10-18/h14-17,19H,3-13H2,1-2H3. The van der Waals surface area contributed by atoms with Gasteiger partial charge in [-0.2, -0.15) is 0 Å². The minimum absolute atomic E-state index is 0.0978. The number of hydrogen-bond donors (Lipinski definition) is 1. The predicted octanol–water partition coefficient (Wildman–Crippen LogP) is 3.80. The molecule has 0 radical (unpaired) electrons. The Balaban J connectivity index is 1.61. The molecule has 1 aliphatic heterocycles. The molecule has 2 saturated carbocycles. The highest BCUT2D eigenvalue weighted by molar-refractivity contribution is 4.92. The van der Waals surface area contributed by atoms with Crippen molar-refractivity contribution >= 4 is 0 Å². The van der Waals surface area contributed by atoms with Gasteiger partial charge in [-0.05, 0) is 52.4 Å². The Hall–Kier alpha value is -0.120. The molecule has 0 bridgehead atoms. The van der Waals surface area contributed by atoms with Crippen molar-refractivity contribution in [2.24, 2.45) is 0 Å². The van der Waals surface area contributed by atoms with E-state index in [1.165, 1.54) is 51.4 Å². The third kappa shape index (κ3) is 4.67. The van der Waals surface area contributed by atoms with E-state index in [9.17, 15) is 0 Å². The van der Waals surface area contributed by atoms with Crippen LogP contribution in [0, 0.1) is 0 Å². The average Bonchev–Trinajstić information content (AvgIpc) is 3.23. The molecular formula is C18H33NO2. The Kier molecular flexibility index (Phi) is 5.23. The van der Waals surface area contributed by atoms with Crippen LogP contribution in [0.25, 0.3) is 0 Å². The smallest absolute Gasteiger partial charge is 0.0810 e. The van der Waals surface area contributed by atoms with Gasteiger partial charge < -0.3 is 14.8 Å². The number of hydrogen-bond acceptors (Lipinski definition) is 3. The SMILES string of the molecule is CC1CC(OC2(CNC3CC3)CCCCCC2)CC(C)O1. The van der Waals surface area contributed by atoms with Gasteiger partial charge in [0.1, 0.15) is 0 Å². The molecule has 3 aliphatic rings. The minimum atomic E-state index is 0.0978. The highest BCUT2D eigenvalue weighted by atomic mass is 16.5. The fraction of sp³-hybridized carbons (Fsp3) is 1.00. The van der Waals surface area contributed by atoms with Crippen molar-refractivity contribution in [3.8, 4) is 0 Å². The average molecular weight is 295 g/mol. The Morgan fingerprint density at radius 3 is 2.19 bits per heavy atom. The van der Waals surface area contributed by atoms with Gasteiger partial charge in [0.25, 0.3) is 0 Å². The first-order chi connectivity index (χ1) is 10.2. The first-order valence-corrected chi connectivity index (χ1v) is 9.22. The van der Waals surface area contributed by atoms with Gasteiger partial charge >= 0.3 is 0 Å². The summed E-state index contributed by atoms with van der Waals surface area (Å²) in [5, 5.41) is 3.75. The maximum atomic E-state index is 6.78. The van der Waals surface area contributed by atoms with Crippen molar-refractivity contribution in [1.29, 1.82) is 0 Å². The van der Waals surface area contributed by atoms with Crippen LogP contribution < -0.4 is 5.32 Å². The Morgan fingerprint density at radius 1 is 1.00 bits per heavy atom. The van der Waals surface area contributed by atoms with Crippen LogP contribution in [0.15, 0.2) is 0 Å². The Morgan fingerprint density at radius 2 is 1.62 bits per heavy atom. The van der Waals surface area contributed by atoms with Gasteiger partial charge in [-0.15, -0.1) is 0 Å². The van der Waals surface area contributed by atoms with Crippen LogP contribution in [0.4, 0.5) is 0 Å². The lowest BCUT2D eigenvalue weighted by Gasteiger charge is -2.41. The van der Waals surface area contributed by atoms with Crippen LogP contribution in [0.5, 0.6) is 0 Å². The van der Waals surface area contributed by atoms with Gasteiger partial charge in [0, 0.05) is 12.6 Å². The van der Waals surface area contributed by atoms with E-state index >= 15 is 0 Å². The van der Waals surface area contributed by atoms with Crippen LogP contribution in [0.3, 0.4) is 0 Å². The van der Waals surface area contributed by atoms with Crippen molar-refractivity contribution in [3.63, 3.8) is 0 Å². The van der Waals surface area contributed by atoms with Gasteiger partial charge in [-0.25, -0.2) is 0 Å². The van der Waals surface area contributed by atoms with Crippen molar-refractivity contribution < 1.29 is 9.47 Å². The van der Waals surface area contributed by atoms with E-state index in [1.807, 2.05) is 0 Å². The summed E-state index contributed by atoms with van der Waals surface area (Å²) in [4.78, 5) is 0. The summed E-state index contributed by atoms with van der Waals surface area (Å²) in [7, 11) is 0. The Bertz CT molecular complexity index is 311. The van der Waals surface area contributed by atoms with Gasteiger partial charge in [0.15, 0.2) is 0 Å². The Labute approximate surface area is 130 Å². The quantitative estimate of drug-likeness (QED) is 0.783. The largest absolute Gasteiger partial charge is 0.375 e. The molecular weight excluding hydrogens is 262 g/mol. The number of rotatable bonds is 5. The van der Waals surface area contributed by atoms with Crippen LogP contribution >= 0.6 is 0 Å². The predicted molar refractivity (Wildman–Crippen MR) is 85.6 cm³/mol. The molecule has 3 rings (SSSR count). The summed E-state index contributed by atoms with van der Waals surface area (Å²) in [5.41, 5.74) is 0.0978. The van der Waals surface area contributed by atoms with Crippen molar-refractivity contribution in [2.75, 3.05) is 6.54 Å². The van der Waals surface area contributed by atoms with Gasteiger partial charge in [-0.3, -0.25) is 0 Å². The second-order valence-corrected chi connectivity index (χ2v) is 7.72. The topological polar surface area (TPSA) is 30.5 Å². The van der Waals surface area contributed by atoms with E-state index in [2.05, 4.69) is 19.2 Å². The van der Waals surface area contributed by atoms with E-state index in [-0.39, 0.29) is 5.60 Å². The first kappa shape index (κ1) is 15.8. The van der Waals surface area contributed by atoms with Gasteiger partial charge in [-0.1, -0.05) is 25.7 Å². The van der Waals surface area contributed by atoms with Crippen molar-refractivity contribution in [1.82, 2.24) is 5.32 Å².